The summed E-state index contributed by atoms with van der Waals surface area (Å²) in [6.07, 6.45) is 1.58. The van der Waals surface area contributed by atoms with Crippen molar-refractivity contribution >= 4 is 5.69 Å². The van der Waals surface area contributed by atoms with E-state index in [1.165, 1.54) is 12.1 Å². The maximum atomic E-state index is 13.2. The average molecular weight is 465 g/mol. The Kier molecular flexibility index (Phi) is 7.03. The lowest BCUT2D eigenvalue weighted by Gasteiger charge is -2.19. The third-order valence-electron chi connectivity index (χ3n) is 6.28. The van der Waals surface area contributed by atoms with E-state index in [1.54, 1.807) is 45.6 Å². The van der Waals surface area contributed by atoms with Crippen LogP contribution in [0.3, 0.4) is 0 Å². The molecule has 0 saturated heterocycles. The monoisotopic (exact) mass is 464 g/mol. The molecule has 3 aromatic rings. The Hall–Kier alpha value is -3.58. The first-order valence-electron chi connectivity index (χ1n) is 11.2. The van der Waals surface area contributed by atoms with E-state index in [4.69, 9.17) is 14.2 Å². The maximum absolute atomic E-state index is 13.2. The summed E-state index contributed by atoms with van der Waals surface area (Å²) in [5.74, 6) is 1.41. The Morgan fingerprint density at radius 3 is 2.35 bits per heavy atom. The summed E-state index contributed by atoms with van der Waals surface area (Å²) in [5, 5.41) is 6.56. The molecule has 0 bridgehead atoms. The highest BCUT2D eigenvalue weighted by atomic mass is 19.1. The van der Waals surface area contributed by atoms with Crippen molar-refractivity contribution in [3.05, 3.63) is 81.3 Å². The quantitative estimate of drug-likeness (QED) is 0.529. The third-order valence-corrected chi connectivity index (χ3v) is 6.28. The number of anilines is 1. The number of benzene rings is 2. The minimum atomic E-state index is -0.291. The van der Waals surface area contributed by atoms with E-state index >= 15 is 0 Å². The molecule has 34 heavy (non-hydrogen) atoms. The number of methoxy groups -OCH3 is 3. The first kappa shape index (κ1) is 23.6. The van der Waals surface area contributed by atoms with Crippen LogP contribution in [0, 0.1) is 5.82 Å². The molecule has 2 N–H and O–H groups in total. The largest absolute Gasteiger partial charge is 0.493 e. The molecular weight excluding hydrogens is 435 g/mol. The summed E-state index contributed by atoms with van der Waals surface area (Å²) in [6.45, 7) is 0.407. The van der Waals surface area contributed by atoms with Crippen LogP contribution in [0.5, 0.6) is 17.2 Å². The number of hydrogen-bond donors (Lipinski definition) is 2. The topological polar surface area (TPSA) is 68.8 Å². The minimum Gasteiger partial charge on any atom is -0.493 e. The highest BCUT2D eigenvalue weighted by molar-refractivity contribution is 5.83. The van der Waals surface area contributed by atoms with Crippen LogP contribution in [-0.4, -0.2) is 28.4 Å². The number of hydrogen-bond acceptors (Lipinski definition) is 6. The van der Waals surface area contributed by atoms with Gasteiger partial charge in [-0.05, 0) is 72.5 Å². The zero-order chi connectivity index (χ0) is 24.2. The molecule has 0 radical (unpaired) electrons. The number of halogens is 1. The van der Waals surface area contributed by atoms with E-state index in [0.717, 1.165) is 40.7 Å². The van der Waals surface area contributed by atoms with Crippen molar-refractivity contribution in [1.29, 1.82) is 0 Å². The molecule has 0 amide bonds. The Balaban J connectivity index is 1.86. The standard InChI is InChI=1S/C27H29FN2O4/c1-29-21-11-7-17-13-24(32-2)26(33-3)27(34-4)25(17)19-10-12-22(23(31)14-20(19)21)30-15-16-5-8-18(28)9-6-16/h5-6,8-10,12-14,21,29H,7,11,15H2,1-4H3,(H,30,31)/t21-/m1/s1. The van der Waals surface area contributed by atoms with Crippen molar-refractivity contribution in [3.8, 4) is 28.4 Å². The lowest BCUT2D eigenvalue weighted by atomic mass is 9.95. The molecule has 0 saturated carbocycles. The lowest BCUT2D eigenvalue weighted by molar-refractivity contribution is 0.324. The van der Waals surface area contributed by atoms with Gasteiger partial charge in [-0.1, -0.05) is 18.2 Å². The Morgan fingerprint density at radius 2 is 1.71 bits per heavy atom. The van der Waals surface area contributed by atoms with Crippen molar-refractivity contribution in [1.82, 2.24) is 5.32 Å². The first-order valence-corrected chi connectivity index (χ1v) is 11.2. The smallest absolute Gasteiger partial charge is 0.203 e. The van der Waals surface area contributed by atoms with E-state index in [2.05, 4.69) is 10.6 Å². The molecule has 178 valence electrons. The van der Waals surface area contributed by atoms with Gasteiger partial charge >= 0.3 is 0 Å². The molecule has 6 nitrogen and oxygen atoms in total. The van der Waals surface area contributed by atoms with Crippen LogP contribution >= 0.6 is 0 Å². The fourth-order valence-corrected chi connectivity index (χ4v) is 4.56. The summed E-state index contributed by atoms with van der Waals surface area (Å²) in [7, 11) is 6.69. The molecular formula is C27H29FN2O4. The SMILES string of the molecule is CN[C@@H]1CCc2cc(OC)c(OC)c(OC)c2-c2ccc(NCc3ccc(F)cc3)c(=O)cc21. The van der Waals surface area contributed by atoms with Crippen LogP contribution in [-0.2, 0) is 13.0 Å². The second-order valence-corrected chi connectivity index (χ2v) is 8.16. The highest BCUT2D eigenvalue weighted by Crippen LogP contribution is 2.50. The van der Waals surface area contributed by atoms with Gasteiger partial charge in [0.05, 0.1) is 27.0 Å². The summed E-state index contributed by atoms with van der Waals surface area (Å²) >= 11 is 0. The van der Waals surface area contributed by atoms with Crippen LogP contribution < -0.4 is 30.3 Å². The molecule has 0 heterocycles. The van der Waals surface area contributed by atoms with E-state index in [-0.39, 0.29) is 17.3 Å². The van der Waals surface area contributed by atoms with Crippen molar-refractivity contribution in [2.45, 2.75) is 25.4 Å². The number of aryl methyl sites for hydroxylation is 1. The van der Waals surface area contributed by atoms with E-state index in [9.17, 15) is 9.18 Å². The average Bonchev–Trinajstić information content (AvgIpc) is 3.10. The van der Waals surface area contributed by atoms with Gasteiger partial charge in [-0.15, -0.1) is 0 Å². The zero-order valence-corrected chi connectivity index (χ0v) is 19.8. The van der Waals surface area contributed by atoms with Crippen LogP contribution in [0.1, 0.15) is 29.2 Å². The second kappa shape index (κ2) is 10.1. The molecule has 4 rings (SSSR count). The van der Waals surface area contributed by atoms with Gasteiger partial charge in [0.15, 0.2) is 11.5 Å². The first-order chi connectivity index (χ1) is 16.5. The highest BCUT2D eigenvalue weighted by Gasteiger charge is 2.28. The van der Waals surface area contributed by atoms with E-state index < -0.39 is 0 Å². The van der Waals surface area contributed by atoms with Crippen LogP contribution in [0.25, 0.3) is 11.1 Å². The minimum absolute atomic E-state index is 0.0193. The molecule has 0 aliphatic heterocycles. The molecule has 0 aromatic heterocycles. The molecule has 0 unspecified atom stereocenters. The van der Waals surface area contributed by atoms with Crippen molar-refractivity contribution in [2.24, 2.45) is 0 Å². The van der Waals surface area contributed by atoms with Crippen LogP contribution in [0.4, 0.5) is 10.1 Å². The number of ether oxygens (including phenoxy) is 3. The number of fused-ring (bicyclic) bond motifs is 3. The van der Waals surface area contributed by atoms with Crippen LogP contribution in [0.2, 0.25) is 0 Å². The molecule has 1 aliphatic carbocycles. The van der Waals surface area contributed by atoms with Crippen LogP contribution in [0.15, 0.2) is 53.3 Å². The third kappa shape index (κ3) is 4.43. The van der Waals surface area contributed by atoms with Crippen molar-refractivity contribution < 1.29 is 18.6 Å². The van der Waals surface area contributed by atoms with Gasteiger partial charge < -0.3 is 24.8 Å². The molecule has 1 aliphatic rings. The van der Waals surface area contributed by atoms with E-state index in [0.29, 0.717) is 29.5 Å². The molecule has 0 spiro atoms. The Labute approximate surface area is 198 Å². The lowest BCUT2D eigenvalue weighted by Crippen LogP contribution is -2.18. The van der Waals surface area contributed by atoms with Gasteiger partial charge in [0.1, 0.15) is 5.82 Å². The zero-order valence-electron chi connectivity index (χ0n) is 19.8. The van der Waals surface area contributed by atoms with Gasteiger partial charge in [-0.25, -0.2) is 4.39 Å². The van der Waals surface area contributed by atoms with E-state index in [1.807, 2.05) is 19.2 Å². The van der Waals surface area contributed by atoms with Gasteiger partial charge in [0, 0.05) is 18.2 Å². The summed E-state index contributed by atoms with van der Waals surface area (Å²) in [4.78, 5) is 13.2. The molecule has 3 aromatic carbocycles. The van der Waals surface area contributed by atoms with Gasteiger partial charge in [0.2, 0.25) is 11.2 Å². The summed E-state index contributed by atoms with van der Waals surface area (Å²) < 4.78 is 30.2. The van der Waals surface area contributed by atoms with Gasteiger partial charge in [0.25, 0.3) is 0 Å². The second-order valence-electron chi connectivity index (χ2n) is 8.16. The van der Waals surface area contributed by atoms with Gasteiger partial charge in [-0.2, -0.15) is 0 Å². The van der Waals surface area contributed by atoms with Gasteiger partial charge in [-0.3, -0.25) is 4.79 Å². The summed E-state index contributed by atoms with van der Waals surface area (Å²) in [6, 6.07) is 13.6. The van der Waals surface area contributed by atoms with Crippen molar-refractivity contribution in [3.63, 3.8) is 0 Å². The normalized spacial score (nSPS) is 14.4. The fourth-order valence-electron chi connectivity index (χ4n) is 4.56. The Bertz CT molecular complexity index is 1240. The predicted molar refractivity (Wildman–Crippen MR) is 132 cm³/mol. The molecule has 7 heteroatoms. The number of nitrogens with one attached hydrogen (secondary N) is 2. The maximum Gasteiger partial charge on any atom is 0.203 e. The van der Waals surface area contributed by atoms with Crippen molar-refractivity contribution in [2.75, 3.05) is 33.7 Å². The Morgan fingerprint density at radius 1 is 0.971 bits per heavy atom. The molecule has 1 atom stereocenters. The molecule has 0 fully saturated rings. The fraction of sp³-hybridized carbons (Fsp3) is 0.296. The number of rotatable bonds is 7. The summed E-state index contributed by atoms with van der Waals surface area (Å²) in [5.41, 5.74) is 4.98. The predicted octanol–water partition coefficient (Wildman–Crippen LogP) is 4.70.